The van der Waals surface area contributed by atoms with Crippen molar-refractivity contribution >= 4 is 41.1 Å². The molecule has 0 spiro atoms. The Bertz CT molecular complexity index is 649. The Balaban J connectivity index is 2.23. The first-order valence-corrected chi connectivity index (χ1v) is 8.88. The van der Waals surface area contributed by atoms with E-state index in [-0.39, 0.29) is 23.5 Å². The number of rotatable bonds is 7. The number of anilines is 1. The van der Waals surface area contributed by atoms with E-state index in [2.05, 4.69) is 16.1 Å². The van der Waals surface area contributed by atoms with E-state index >= 15 is 0 Å². The van der Waals surface area contributed by atoms with Gasteiger partial charge in [-0.2, -0.15) is 0 Å². The maximum absolute atomic E-state index is 11.8. The van der Waals surface area contributed by atoms with Gasteiger partial charge < -0.3 is 15.4 Å². The van der Waals surface area contributed by atoms with Crippen LogP contribution >= 0.6 is 11.8 Å². The largest absolute Gasteiger partial charge is 0.497 e. The molecule has 10 heteroatoms. The van der Waals surface area contributed by atoms with Gasteiger partial charge in [0.25, 0.3) is 0 Å². The number of hydrogen-bond acceptors (Lipinski definition) is 6. The highest BCUT2D eigenvalue weighted by Gasteiger charge is 2.15. The van der Waals surface area contributed by atoms with Gasteiger partial charge in [-0.15, -0.1) is 11.8 Å². The van der Waals surface area contributed by atoms with Gasteiger partial charge in [0.1, 0.15) is 5.75 Å². The molecule has 0 aromatic heterocycles. The molecule has 1 rings (SSSR count). The second-order valence-corrected chi connectivity index (χ2v) is 6.39. The fraction of sp³-hybridized carbons (Fsp3) is 0.375. The number of hydrogen-bond donors (Lipinski definition) is 4. The van der Waals surface area contributed by atoms with E-state index in [0.29, 0.717) is 11.4 Å². The van der Waals surface area contributed by atoms with Gasteiger partial charge in [0.2, 0.25) is 11.8 Å². The number of methoxy groups -OCH3 is 1. The molecule has 0 radical (unpaired) electrons. The average Bonchev–Trinajstić information content (AvgIpc) is 2.59. The van der Waals surface area contributed by atoms with E-state index in [1.54, 1.807) is 45.2 Å². The van der Waals surface area contributed by atoms with Gasteiger partial charge in [0, 0.05) is 11.7 Å². The molecule has 0 aliphatic heterocycles. The monoisotopic (exact) mass is 382 g/mol. The number of ether oxygens (including phenoxy) is 1. The Labute approximate surface area is 155 Å². The van der Waals surface area contributed by atoms with E-state index < -0.39 is 17.7 Å². The van der Waals surface area contributed by atoms with Crippen LogP contribution in [0.25, 0.3) is 0 Å². The Morgan fingerprint density at radius 3 is 2.15 bits per heavy atom. The molecule has 142 valence electrons. The van der Waals surface area contributed by atoms with Gasteiger partial charge in [-0.1, -0.05) is 0 Å². The molecular weight excluding hydrogens is 360 g/mol. The normalized spacial score (nSPS) is 10.0. The fourth-order valence-electron chi connectivity index (χ4n) is 1.65. The lowest BCUT2D eigenvalue weighted by Gasteiger charge is -2.09. The van der Waals surface area contributed by atoms with Gasteiger partial charge in [0.15, 0.2) is 0 Å². The number of amides is 4. The third-order valence-corrected chi connectivity index (χ3v) is 3.71. The zero-order valence-corrected chi connectivity index (χ0v) is 15.6. The smallest absolute Gasteiger partial charge is 0.327 e. The van der Waals surface area contributed by atoms with E-state index in [0.717, 1.165) is 11.8 Å². The molecule has 0 heterocycles. The summed E-state index contributed by atoms with van der Waals surface area (Å²) < 4.78 is 5.02. The Hall–Kier alpha value is -2.75. The second-order valence-electron chi connectivity index (χ2n) is 5.40. The van der Waals surface area contributed by atoms with Crippen LogP contribution in [0.3, 0.4) is 0 Å². The number of nitrogens with one attached hydrogen (secondary N) is 4. The van der Waals surface area contributed by atoms with Crippen LogP contribution in [0.4, 0.5) is 5.69 Å². The van der Waals surface area contributed by atoms with E-state index in [1.165, 1.54) is 0 Å². The van der Waals surface area contributed by atoms with Gasteiger partial charge in [-0.3, -0.25) is 30.0 Å². The molecule has 4 N–H and O–H groups in total. The van der Waals surface area contributed by atoms with Crippen molar-refractivity contribution in [3.63, 3.8) is 0 Å². The minimum atomic E-state index is -0.964. The lowest BCUT2D eigenvalue weighted by molar-refractivity contribution is -0.141. The molecule has 0 atom stereocenters. The molecule has 9 nitrogen and oxygen atoms in total. The van der Waals surface area contributed by atoms with Crippen molar-refractivity contribution in [3.05, 3.63) is 24.3 Å². The zero-order chi connectivity index (χ0) is 19.5. The SMILES string of the molecule is COc1ccc(NC(=O)CSCC(=O)NNC(=O)C(=O)NC(C)C)cc1. The number of hydrazine groups is 1. The first kappa shape index (κ1) is 21.3. The lowest BCUT2D eigenvalue weighted by Crippen LogP contribution is -2.50. The number of carbonyl (C=O) groups excluding carboxylic acids is 4. The summed E-state index contributed by atoms with van der Waals surface area (Å²) in [6.45, 7) is 3.41. The highest BCUT2D eigenvalue weighted by atomic mass is 32.2. The molecule has 0 saturated heterocycles. The van der Waals surface area contributed by atoms with Crippen LogP contribution in [0.5, 0.6) is 5.75 Å². The summed E-state index contributed by atoms with van der Waals surface area (Å²) in [7, 11) is 1.55. The summed E-state index contributed by atoms with van der Waals surface area (Å²) in [6.07, 6.45) is 0. The Kier molecular flexibility index (Phi) is 8.99. The van der Waals surface area contributed by atoms with Crippen LogP contribution in [0.1, 0.15) is 13.8 Å². The maximum atomic E-state index is 11.8. The van der Waals surface area contributed by atoms with E-state index in [4.69, 9.17) is 4.74 Å². The molecule has 26 heavy (non-hydrogen) atoms. The van der Waals surface area contributed by atoms with Crippen molar-refractivity contribution in [1.29, 1.82) is 0 Å². The molecule has 0 saturated carbocycles. The van der Waals surface area contributed by atoms with E-state index in [9.17, 15) is 19.2 Å². The summed E-state index contributed by atoms with van der Waals surface area (Å²) >= 11 is 1.07. The van der Waals surface area contributed by atoms with Gasteiger partial charge in [-0.25, -0.2) is 0 Å². The predicted octanol–water partition coefficient (Wildman–Crippen LogP) is 0.0389. The van der Waals surface area contributed by atoms with Gasteiger partial charge in [0.05, 0.1) is 18.6 Å². The minimum Gasteiger partial charge on any atom is -0.497 e. The highest BCUT2D eigenvalue weighted by molar-refractivity contribution is 8.00. The summed E-state index contributed by atoms with van der Waals surface area (Å²) in [6, 6.07) is 6.64. The zero-order valence-electron chi connectivity index (χ0n) is 14.8. The molecule has 0 fully saturated rings. The fourth-order valence-corrected chi connectivity index (χ4v) is 2.27. The average molecular weight is 382 g/mol. The number of carbonyl (C=O) groups is 4. The third-order valence-electron chi connectivity index (χ3n) is 2.78. The topological polar surface area (TPSA) is 126 Å². The molecule has 0 aliphatic carbocycles. The van der Waals surface area contributed by atoms with Gasteiger partial charge in [-0.05, 0) is 38.1 Å². The Morgan fingerprint density at radius 2 is 1.58 bits per heavy atom. The highest BCUT2D eigenvalue weighted by Crippen LogP contribution is 2.15. The van der Waals surface area contributed by atoms with Crippen LogP contribution in [0.2, 0.25) is 0 Å². The molecule has 1 aromatic rings. The standard InChI is InChI=1S/C16H22N4O5S/c1-10(2)17-15(23)16(24)20-19-14(22)9-26-8-13(21)18-11-4-6-12(25-3)7-5-11/h4-7,10H,8-9H2,1-3H3,(H,17,23)(H,18,21)(H,19,22)(H,20,24). The molecule has 0 unspecified atom stereocenters. The molecular formula is C16H22N4O5S. The summed E-state index contributed by atoms with van der Waals surface area (Å²) in [5.74, 6) is -1.92. The summed E-state index contributed by atoms with van der Waals surface area (Å²) in [5, 5.41) is 5.07. The van der Waals surface area contributed by atoms with Crippen LogP contribution in [-0.4, -0.2) is 48.3 Å². The minimum absolute atomic E-state index is 0.0535. The van der Waals surface area contributed by atoms with Crippen molar-refractivity contribution < 1.29 is 23.9 Å². The molecule has 4 amide bonds. The number of thioether (sulfide) groups is 1. The molecule has 0 bridgehead atoms. The quantitative estimate of drug-likeness (QED) is 0.390. The van der Waals surface area contributed by atoms with Crippen LogP contribution in [0, 0.1) is 0 Å². The first-order chi connectivity index (χ1) is 12.3. The summed E-state index contributed by atoms with van der Waals surface area (Å²) in [4.78, 5) is 46.1. The van der Waals surface area contributed by atoms with Crippen LogP contribution in [0.15, 0.2) is 24.3 Å². The first-order valence-electron chi connectivity index (χ1n) is 7.73. The van der Waals surface area contributed by atoms with Crippen molar-refractivity contribution in [2.75, 3.05) is 23.9 Å². The second kappa shape index (κ2) is 11.0. The van der Waals surface area contributed by atoms with Crippen molar-refractivity contribution in [3.8, 4) is 5.75 Å². The van der Waals surface area contributed by atoms with Crippen LogP contribution in [-0.2, 0) is 19.2 Å². The molecule has 0 aliphatic rings. The van der Waals surface area contributed by atoms with E-state index in [1.807, 2.05) is 5.43 Å². The summed E-state index contributed by atoms with van der Waals surface area (Å²) in [5.41, 5.74) is 4.72. The number of benzene rings is 1. The lowest BCUT2D eigenvalue weighted by atomic mass is 10.3. The van der Waals surface area contributed by atoms with Crippen molar-refractivity contribution in [1.82, 2.24) is 16.2 Å². The predicted molar refractivity (Wildman–Crippen MR) is 98.5 cm³/mol. The van der Waals surface area contributed by atoms with Crippen molar-refractivity contribution in [2.24, 2.45) is 0 Å². The third kappa shape index (κ3) is 8.38. The maximum Gasteiger partial charge on any atom is 0.327 e. The van der Waals surface area contributed by atoms with Gasteiger partial charge >= 0.3 is 11.8 Å². The Morgan fingerprint density at radius 1 is 0.962 bits per heavy atom. The van der Waals surface area contributed by atoms with Crippen molar-refractivity contribution in [2.45, 2.75) is 19.9 Å². The van der Waals surface area contributed by atoms with Crippen LogP contribution < -0.4 is 26.2 Å². The molecule has 1 aromatic carbocycles.